The molecule has 0 unspecified atom stereocenters. The third-order valence-electron chi connectivity index (χ3n) is 5.57. The zero-order valence-corrected chi connectivity index (χ0v) is 17.8. The molecule has 0 bridgehead atoms. The molecule has 7 heteroatoms. The van der Waals surface area contributed by atoms with Crippen molar-refractivity contribution in [1.29, 1.82) is 0 Å². The molecule has 30 heavy (non-hydrogen) atoms. The van der Waals surface area contributed by atoms with Crippen LogP contribution in [0.2, 0.25) is 0 Å². The van der Waals surface area contributed by atoms with Gasteiger partial charge in [-0.25, -0.2) is 9.37 Å². The van der Waals surface area contributed by atoms with E-state index in [0.29, 0.717) is 12.5 Å². The first-order valence-corrected chi connectivity index (χ1v) is 11.4. The summed E-state index contributed by atoms with van der Waals surface area (Å²) in [4.78, 5) is 7.13. The van der Waals surface area contributed by atoms with Crippen molar-refractivity contribution in [3.05, 3.63) is 48.3 Å². The third-order valence-corrected chi connectivity index (χ3v) is 6.55. The second-order valence-electron chi connectivity index (χ2n) is 7.85. The number of benzene rings is 2. The number of thiazole rings is 1. The Hall–Kier alpha value is -2.38. The maximum atomic E-state index is 12.9. The number of likely N-dealkylation sites (tertiary alicyclic amines) is 1. The maximum Gasteiger partial charge on any atom is 0.183 e. The molecule has 0 saturated carbocycles. The molecule has 1 aromatic heterocycles. The first-order valence-electron chi connectivity index (χ1n) is 10.6. The van der Waals surface area contributed by atoms with Crippen molar-refractivity contribution in [3.8, 4) is 11.5 Å². The van der Waals surface area contributed by atoms with Gasteiger partial charge in [-0.3, -0.25) is 0 Å². The monoisotopic (exact) mass is 429 g/mol. The van der Waals surface area contributed by atoms with Gasteiger partial charge in [-0.1, -0.05) is 11.3 Å². The van der Waals surface area contributed by atoms with Gasteiger partial charge in [0.1, 0.15) is 17.3 Å². The fourth-order valence-corrected chi connectivity index (χ4v) is 4.70. The highest BCUT2D eigenvalue weighted by atomic mass is 32.1. The number of unbranched alkanes of at least 4 members (excludes halogenated alkanes) is 1. The Labute approximate surface area is 180 Å². The maximum absolute atomic E-state index is 12.9. The van der Waals surface area contributed by atoms with Gasteiger partial charge in [0.15, 0.2) is 5.13 Å². The molecule has 160 valence electrons. The lowest BCUT2D eigenvalue weighted by molar-refractivity contribution is 0.182. The quantitative estimate of drug-likeness (QED) is 0.462. The minimum absolute atomic E-state index is 0.235. The smallest absolute Gasteiger partial charge is 0.183 e. The van der Waals surface area contributed by atoms with E-state index in [9.17, 15) is 9.50 Å². The Balaban J connectivity index is 1.10. The normalized spacial score (nSPS) is 15.5. The summed E-state index contributed by atoms with van der Waals surface area (Å²) in [5.74, 6) is 1.45. The van der Waals surface area contributed by atoms with Crippen molar-refractivity contribution in [1.82, 2.24) is 9.88 Å². The van der Waals surface area contributed by atoms with Gasteiger partial charge >= 0.3 is 0 Å². The van der Waals surface area contributed by atoms with Gasteiger partial charge in [-0.05, 0) is 93.7 Å². The number of fused-ring (bicyclic) bond motifs is 1. The summed E-state index contributed by atoms with van der Waals surface area (Å²) in [7, 11) is 0. The Bertz CT molecular complexity index is 939. The molecular weight excluding hydrogens is 401 g/mol. The van der Waals surface area contributed by atoms with Crippen molar-refractivity contribution in [3.63, 3.8) is 0 Å². The van der Waals surface area contributed by atoms with Crippen molar-refractivity contribution < 1.29 is 14.2 Å². The lowest BCUT2D eigenvalue weighted by Crippen LogP contribution is -2.36. The van der Waals surface area contributed by atoms with E-state index in [2.05, 4.69) is 15.2 Å². The van der Waals surface area contributed by atoms with Crippen LogP contribution < -0.4 is 10.1 Å². The zero-order valence-electron chi connectivity index (χ0n) is 17.0. The molecule has 2 aromatic carbocycles. The number of ether oxygens (including phenoxy) is 1. The molecule has 5 nitrogen and oxygen atoms in total. The Morgan fingerprint density at radius 2 is 1.93 bits per heavy atom. The zero-order chi connectivity index (χ0) is 20.8. The summed E-state index contributed by atoms with van der Waals surface area (Å²) in [5.41, 5.74) is 0.929. The van der Waals surface area contributed by atoms with Crippen molar-refractivity contribution in [2.75, 3.05) is 38.1 Å². The van der Waals surface area contributed by atoms with Gasteiger partial charge in [0.2, 0.25) is 0 Å². The highest BCUT2D eigenvalue weighted by molar-refractivity contribution is 7.22. The molecule has 0 amide bonds. The van der Waals surface area contributed by atoms with E-state index in [4.69, 9.17) is 4.74 Å². The fourth-order valence-electron chi connectivity index (χ4n) is 3.79. The molecule has 0 spiro atoms. The van der Waals surface area contributed by atoms with Gasteiger partial charge < -0.3 is 20.1 Å². The number of phenols is 1. The van der Waals surface area contributed by atoms with E-state index in [1.165, 1.54) is 25.0 Å². The summed E-state index contributed by atoms with van der Waals surface area (Å²) in [6.45, 7) is 5.00. The fraction of sp³-hybridized carbons (Fsp3) is 0.435. The number of aromatic hydroxyl groups is 1. The summed E-state index contributed by atoms with van der Waals surface area (Å²) in [6.07, 6.45) is 4.52. The molecule has 0 radical (unpaired) electrons. The number of nitrogens with zero attached hydrogens (tertiary/aromatic N) is 2. The minimum atomic E-state index is -0.235. The van der Waals surface area contributed by atoms with Crippen LogP contribution in [0.25, 0.3) is 10.2 Å². The number of nitrogens with one attached hydrogen (secondary N) is 1. The van der Waals surface area contributed by atoms with Crippen LogP contribution >= 0.6 is 11.3 Å². The van der Waals surface area contributed by atoms with Crippen LogP contribution in [0, 0.1) is 11.7 Å². The van der Waals surface area contributed by atoms with Crippen LogP contribution in [0.5, 0.6) is 11.5 Å². The first-order chi connectivity index (χ1) is 14.7. The lowest BCUT2D eigenvalue weighted by Gasteiger charge is -2.32. The number of rotatable bonds is 9. The molecule has 1 fully saturated rings. The van der Waals surface area contributed by atoms with Crippen LogP contribution in [0.4, 0.5) is 9.52 Å². The Morgan fingerprint density at radius 1 is 1.13 bits per heavy atom. The molecule has 1 aliphatic rings. The highest BCUT2D eigenvalue weighted by Crippen LogP contribution is 2.29. The van der Waals surface area contributed by atoms with Crippen LogP contribution in [0.1, 0.15) is 25.7 Å². The second-order valence-corrected chi connectivity index (χ2v) is 8.88. The SMILES string of the molecule is Oc1ccc2nc(NCC3CCN(CCCCOc4ccc(F)cc4)CC3)sc2c1. The molecule has 1 aliphatic heterocycles. The van der Waals surface area contributed by atoms with Crippen molar-refractivity contribution in [2.45, 2.75) is 25.7 Å². The van der Waals surface area contributed by atoms with E-state index in [0.717, 1.165) is 60.1 Å². The number of anilines is 1. The van der Waals surface area contributed by atoms with E-state index in [1.807, 2.05) is 6.07 Å². The number of phenolic OH excluding ortho intramolecular Hbond substituents is 1. The van der Waals surface area contributed by atoms with Crippen LogP contribution in [-0.4, -0.2) is 47.8 Å². The number of hydrogen-bond acceptors (Lipinski definition) is 6. The van der Waals surface area contributed by atoms with Crippen molar-refractivity contribution >= 4 is 26.7 Å². The molecule has 0 aliphatic carbocycles. The molecule has 1 saturated heterocycles. The number of halogens is 1. The lowest BCUT2D eigenvalue weighted by atomic mass is 9.97. The Morgan fingerprint density at radius 3 is 2.73 bits per heavy atom. The van der Waals surface area contributed by atoms with E-state index in [-0.39, 0.29) is 11.6 Å². The van der Waals surface area contributed by atoms with Gasteiger partial charge in [0.25, 0.3) is 0 Å². The molecule has 2 N–H and O–H groups in total. The predicted octanol–water partition coefficient (Wildman–Crippen LogP) is 5.12. The summed E-state index contributed by atoms with van der Waals surface area (Å²) < 4.78 is 19.5. The van der Waals surface area contributed by atoms with Gasteiger partial charge in [0, 0.05) is 6.54 Å². The topological polar surface area (TPSA) is 57.6 Å². The van der Waals surface area contributed by atoms with Crippen LogP contribution in [-0.2, 0) is 0 Å². The summed E-state index contributed by atoms with van der Waals surface area (Å²) in [5, 5.41) is 14.0. The third kappa shape index (κ3) is 5.83. The van der Waals surface area contributed by atoms with Crippen molar-refractivity contribution in [2.24, 2.45) is 5.92 Å². The summed E-state index contributed by atoms with van der Waals surface area (Å²) in [6, 6.07) is 11.5. The standard InChI is InChI=1S/C23H28FN3O2S/c24-18-3-6-20(7-4-18)29-14-2-1-11-27-12-9-17(10-13-27)16-25-23-26-21-8-5-19(28)15-22(21)30-23/h3-8,15,17,28H,1-2,9-14,16H2,(H,25,26). The van der Waals surface area contributed by atoms with Crippen LogP contribution in [0.15, 0.2) is 42.5 Å². The van der Waals surface area contributed by atoms with E-state index >= 15 is 0 Å². The average Bonchev–Trinajstić information content (AvgIpc) is 3.16. The van der Waals surface area contributed by atoms with Gasteiger partial charge in [-0.15, -0.1) is 0 Å². The van der Waals surface area contributed by atoms with E-state index < -0.39 is 0 Å². The highest BCUT2D eigenvalue weighted by Gasteiger charge is 2.19. The molecule has 4 rings (SSSR count). The number of piperidine rings is 1. The first kappa shape index (κ1) is 20.9. The average molecular weight is 430 g/mol. The number of aromatic nitrogens is 1. The predicted molar refractivity (Wildman–Crippen MR) is 120 cm³/mol. The van der Waals surface area contributed by atoms with E-state index in [1.54, 1.807) is 35.6 Å². The molecular formula is C23H28FN3O2S. The largest absolute Gasteiger partial charge is 0.508 e. The molecule has 3 aromatic rings. The summed E-state index contributed by atoms with van der Waals surface area (Å²) >= 11 is 1.59. The van der Waals surface area contributed by atoms with Crippen LogP contribution in [0.3, 0.4) is 0 Å². The van der Waals surface area contributed by atoms with Gasteiger partial charge in [0.05, 0.1) is 16.8 Å². The van der Waals surface area contributed by atoms with Gasteiger partial charge in [-0.2, -0.15) is 0 Å². The number of hydrogen-bond donors (Lipinski definition) is 2. The molecule has 0 atom stereocenters. The minimum Gasteiger partial charge on any atom is -0.508 e. The second kappa shape index (κ2) is 10.1. The molecule has 2 heterocycles. The Kier molecular flexibility index (Phi) is 7.02.